The van der Waals surface area contributed by atoms with Crippen molar-refractivity contribution >= 4 is 17.5 Å². The zero-order valence-corrected chi connectivity index (χ0v) is 19.0. The van der Waals surface area contributed by atoms with E-state index in [1.54, 1.807) is 23.1 Å². The number of non-ortho nitro benzene ring substituents is 2. The number of carbonyl (C=O) groups excluding carboxylic acids is 1. The van der Waals surface area contributed by atoms with Gasteiger partial charge in [-0.05, 0) is 62.4 Å². The molecule has 0 radical (unpaired) electrons. The SMILES string of the molecule is CC(C)(C)OC(=O)N1CCc2ccc([N+](=O)[O-])cc2C1.O=[N+]([O-])c1ccc2c(c1)CNCC2. The van der Waals surface area contributed by atoms with E-state index in [1.165, 1.54) is 17.7 Å². The minimum absolute atomic E-state index is 0.0507. The summed E-state index contributed by atoms with van der Waals surface area (Å²) in [5, 5.41) is 24.4. The average Bonchev–Trinajstić information content (AvgIpc) is 2.77. The van der Waals surface area contributed by atoms with Crippen LogP contribution in [0.2, 0.25) is 0 Å². The predicted octanol–water partition coefficient (Wildman–Crippen LogP) is 4.13. The van der Waals surface area contributed by atoms with Gasteiger partial charge in [0.05, 0.1) is 9.85 Å². The van der Waals surface area contributed by atoms with Gasteiger partial charge in [-0.15, -0.1) is 0 Å². The Morgan fingerprint density at radius 1 is 0.939 bits per heavy atom. The van der Waals surface area contributed by atoms with Crippen molar-refractivity contribution in [1.29, 1.82) is 0 Å². The van der Waals surface area contributed by atoms with Gasteiger partial charge in [0, 0.05) is 43.9 Å². The van der Waals surface area contributed by atoms with Crippen LogP contribution in [-0.2, 0) is 30.7 Å². The Hall–Kier alpha value is -3.53. The molecule has 0 bridgehead atoms. The highest BCUT2D eigenvalue weighted by Crippen LogP contribution is 2.25. The highest BCUT2D eigenvalue weighted by atomic mass is 16.6. The minimum atomic E-state index is -0.542. The molecule has 33 heavy (non-hydrogen) atoms. The molecular formula is C23H28N4O6. The van der Waals surface area contributed by atoms with E-state index in [9.17, 15) is 25.0 Å². The van der Waals surface area contributed by atoms with Crippen LogP contribution in [0.5, 0.6) is 0 Å². The Balaban J connectivity index is 0.000000203. The van der Waals surface area contributed by atoms with Crippen molar-refractivity contribution in [1.82, 2.24) is 10.2 Å². The van der Waals surface area contributed by atoms with Crippen molar-refractivity contribution in [2.75, 3.05) is 13.1 Å². The first-order valence-corrected chi connectivity index (χ1v) is 10.7. The number of ether oxygens (including phenoxy) is 1. The van der Waals surface area contributed by atoms with E-state index < -0.39 is 10.5 Å². The summed E-state index contributed by atoms with van der Waals surface area (Å²) in [6, 6.07) is 9.88. The molecule has 10 heteroatoms. The van der Waals surface area contributed by atoms with Gasteiger partial charge in [-0.1, -0.05) is 12.1 Å². The van der Waals surface area contributed by atoms with E-state index in [2.05, 4.69) is 5.32 Å². The van der Waals surface area contributed by atoms with Crippen LogP contribution in [-0.4, -0.2) is 39.5 Å². The number of fused-ring (bicyclic) bond motifs is 2. The van der Waals surface area contributed by atoms with Crippen LogP contribution >= 0.6 is 0 Å². The Labute approximate surface area is 191 Å². The van der Waals surface area contributed by atoms with Gasteiger partial charge in [0.15, 0.2) is 0 Å². The van der Waals surface area contributed by atoms with Crippen LogP contribution in [0, 0.1) is 20.2 Å². The first-order valence-electron chi connectivity index (χ1n) is 10.7. The molecule has 0 atom stereocenters. The summed E-state index contributed by atoms with van der Waals surface area (Å²) in [5.41, 5.74) is 3.84. The lowest BCUT2D eigenvalue weighted by Gasteiger charge is -2.31. The quantitative estimate of drug-likeness (QED) is 0.531. The number of nitro benzene ring substituents is 2. The second kappa shape index (κ2) is 9.95. The zero-order chi connectivity index (χ0) is 24.2. The van der Waals surface area contributed by atoms with Crippen LogP contribution in [0.25, 0.3) is 0 Å². The molecule has 0 saturated carbocycles. The number of benzene rings is 2. The summed E-state index contributed by atoms with van der Waals surface area (Å²) in [6.45, 7) is 8.07. The van der Waals surface area contributed by atoms with Crippen molar-refractivity contribution in [2.45, 2.75) is 52.3 Å². The summed E-state index contributed by atoms with van der Waals surface area (Å²) < 4.78 is 5.32. The predicted molar refractivity (Wildman–Crippen MR) is 122 cm³/mol. The zero-order valence-electron chi connectivity index (χ0n) is 19.0. The van der Waals surface area contributed by atoms with Gasteiger partial charge < -0.3 is 15.0 Å². The van der Waals surface area contributed by atoms with E-state index >= 15 is 0 Å². The van der Waals surface area contributed by atoms with Gasteiger partial charge in [-0.3, -0.25) is 20.2 Å². The van der Waals surface area contributed by atoms with Gasteiger partial charge in [0.2, 0.25) is 0 Å². The summed E-state index contributed by atoms with van der Waals surface area (Å²) in [6.07, 6.45) is 1.27. The number of amides is 1. The van der Waals surface area contributed by atoms with Crippen molar-refractivity contribution in [3.63, 3.8) is 0 Å². The number of hydrogen-bond donors (Lipinski definition) is 1. The molecule has 0 aromatic heterocycles. The number of nitrogens with zero attached hydrogens (tertiary/aromatic N) is 3. The molecular weight excluding hydrogens is 428 g/mol. The first-order chi connectivity index (χ1) is 15.5. The van der Waals surface area contributed by atoms with Crippen molar-refractivity contribution in [2.24, 2.45) is 0 Å². The third kappa shape index (κ3) is 6.48. The fourth-order valence-electron chi connectivity index (χ4n) is 3.72. The number of carbonyl (C=O) groups is 1. The van der Waals surface area contributed by atoms with Crippen LogP contribution in [0.3, 0.4) is 0 Å². The summed E-state index contributed by atoms with van der Waals surface area (Å²) in [5.74, 6) is 0. The fourth-order valence-corrected chi connectivity index (χ4v) is 3.72. The molecule has 1 amide bonds. The molecule has 2 heterocycles. The van der Waals surface area contributed by atoms with Crippen molar-refractivity contribution < 1.29 is 19.4 Å². The minimum Gasteiger partial charge on any atom is -0.444 e. The molecule has 0 saturated heterocycles. The maximum atomic E-state index is 12.0. The normalized spacial score (nSPS) is 14.8. The molecule has 2 aliphatic heterocycles. The molecule has 2 aromatic rings. The molecule has 2 aliphatic rings. The molecule has 10 nitrogen and oxygen atoms in total. The van der Waals surface area contributed by atoms with Gasteiger partial charge >= 0.3 is 6.09 Å². The Bertz CT molecular complexity index is 1060. The standard InChI is InChI=1S/C14H18N2O4.C9H10N2O2/c1-14(2,3)20-13(17)15-7-6-10-4-5-12(16(18)19)8-11(10)9-15;12-11(13)9-2-1-7-3-4-10-6-8(7)5-9/h4-5,8H,6-7,9H2,1-3H3;1-2,5,10H,3-4,6H2. The van der Waals surface area contributed by atoms with Crippen LogP contribution < -0.4 is 5.32 Å². The summed E-state index contributed by atoms with van der Waals surface area (Å²) in [4.78, 5) is 34.1. The molecule has 0 fully saturated rings. The van der Waals surface area contributed by atoms with Crippen LogP contribution in [0.15, 0.2) is 36.4 Å². The van der Waals surface area contributed by atoms with Gasteiger partial charge in [0.1, 0.15) is 5.60 Å². The Morgan fingerprint density at radius 3 is 2.09 bits per heavy atom. The number of nitro groups is 2. The van der Waals surface area contributed by atoms with Gasteiger partial charge in [-0.2, -0.15) is 0 Å². The molecule has 2 aromatic carbocycles. The number of nitrogens with one attached hydrogen (secondary N) is 1. The van der Waals surface area contributed by atoms with E-state index in [0.29, 0.717) is 19.5 Å². The first kappa shape index (κ1) is 24.1. The van der Waals surface area contributed by atoms with E-state index in [4.69, 9.17) is 4.74 Å². The van der Waals surface area contributed by atoms with Crippen molar-refractivity contribution in [3.05, 3.63) is 78.9 Å². The number of rotatable bonds is 2. The lowest BCUT2D eigenvalue weighted by Crippen LogP contribution is -2.39. The summed E-state index contributed by atoms with van der Waals surface area (Å²) in [7, 11) is 0. The molecule has 0 unspecified atom stereocenters. The lowest BCUT2D eigenvalue weighted by molar-refractivity contribution is -0.385. The molecule has 4 rings (SSSR count). The Kier molecular flexibility index (Phi) is 7.27. The van der Waals surface area contributed by atoms with Crippen molar-refractivity contribution in [3.8, 4) is 0 Å². The second-order valence-electron chi connectivity index (χ2n) is 9.00. The van der Waals surface area contributed by atoms with Crippen LogP contribution in [0.1, 0.15) is 43.0 Å². The molecule has 176 valence electrons. The average molecular weight is 456 g/mol. The maximum Gasteiger partial charge on any atom is 0.410 e. The maximum absolute atomic E-state index is 12.0. The second-order valence-corrected chi connectivity index (χ2v) is 9.00. The molecule has 1 N–H and O–H groups in total. The monoisotopic (exact) mass is 456 g/mol. The fraction of sp³-hybridized carbons (Fsp3) is 0.435. The largest absolute Gasteiger partial charge is 0.444 e. The third-order valence-corrected chi connectivity index (χ3v) is 5.35. The van der Waals surface area contributed by atoms with Crippen LogP contribution in [0.4, 0.5) is 16.2 Å². The van der Waals surface area contributed by atoms with Gasteiger partial charge in [0.25, 0.3) is 11.4 Å². The third-order valence-electron chi connectivity index (χ3n) is 5.35. The lowest BCUT2D eigenvalue weighted by atomic mass is 9.99. The van der Waals surface area contributed by atoms with E-state index in [1.807, 2.05) is 26.8 Å². The van der Waals surface area contributed by atoms with E-state index in [-0.39, 0.29) is 22.4 Å². The van der Waals surface area contributed by atoms with E-state index in [0.717, 1.165) is 36.2 Å². The smallest absolute Gasteiger partial charge is 0.410 e. The molecule has 0 aliphatic carbocycles. The summed E-state index contributed by atoms with van der Waals surface area (Å²) >= 11 is 0. The van der Waals surface area contributed by atoms with Gasteiger partial charge in [-0.25, -0.2) is 4.79 Å². The molecule has 0 spiro atoms. The highest BCUT2D eigenvalue weighted by molar-refractivity contribution is 5.68. The number of hydrogen-bond acceptors (Lipinski definition) is 7. The Morgan fingerprint density at radius 2 is 1.52 bits per heavy atom. The highest BCUT2D eigenvalue weighted by Gasteiger charge is 2.26. The topological polar surface area (TPSA) is 128 Å².